The van der Waals surface area contributed by atoms with Crippen molar-refractivity contribution in [2.75, 3.05) is 13.0 Å². The SMILES string of the molecule is COc1ccc(S(=O)(=O)CN)cc1. The highest BCUT2D eigenvalue weighted by molar-refractivity contribution is 7.91. The van der Waals surface area contributed by atoms with Crippen molar-refractivity contribution in [3.63, 3.8) is 0 Å². The smallest absolute Gasteiger partial charge is 0.191 e. The minimum absolute atomic E-state index is 0.218. The van der Waals surface area contributed by atoms with Crippen molar-refractivity contribution in [2.45, 2.75) is 4.90 Å². The van der Waals surface area contributed by atoms with E-state index in [-0.39, 0.29) is 10.8 Å². The predicted molar refractivity (Wildman–Crippen MR) is 49.2 cm³/mol. The van der Waals surface area contributed by atoms with Gasteiger partial charge in [-0.15, -0.1) is 0 Å². The van der Waals surface area contributed by atoms with E-state index in [1.807, 2.05) is 0 Å². The van der Waals surface area contributed by atoms with E-state index in [1.165, 1.54) is 19.2 Å². The number of benzene rings is 1. The molecular formula is C8H11NO3S. The Kier molecular flexibility index (Phi) is 2.90. The summed E-state index contributed by atoms with van der Waals surface area (Å²) in [5.41, 5.74) is 5.09. The molecular weight excluding hydrogens is 190 g/mol. The Balaban J connectivity index is 3.06. The molecule has 0 atom stereocenters. The lowest BCUT2D eigenvalue weighted by Crippen LogP contribution is -2.14. The molecule has 4 nitrogen and oxygen atoms in total. The molecule has 0 aliphatic heterocycles. The zero-order chi connectivity index (χ0) is 9.90. The lowest BCUT2D eigenvalue weighted by atomic mass is 10.3. The second-order valence-corrected chi connectivity index (χ2v) is 4.49. The van der Waals surface area contributed by atoms with E-state index in [4.69, 9.17) is 10.5 Å². The second-order valence-electron chi connectivity index (χ2n) is 2.46. The number of nitrogens with two attached hydrogens (primary N) is 1. The van der Waals surface area contributed by atoms with Gasteiger partial charge in [-0.2, -0.15) is 0 Å². The summed E-state index contributed by atoms with van der Waals surface area (Å²) in [7, 11) is -1.78. The molecule has 0 unspecified atom stereocenters. The van der Waals surface area contributed by atoms with Crippen LogP contribution in [0.15, 0.2) is 29.2 Å². The second kappa shape index (κ2) is 3.76. The lowest BCUT2D eigenvalue weighted by molar-refractivity contribution is 0.414. The molecule has 0 saturated carbocycles. The van der Waals surface area contributed by atoms with Crippen molar-refractivity contribution in [3.8, 4) is 5.75 Å². The number of ether oxygens (including phenoxy) is 1. The normalized spacial score (nSPS) is 11.2. The minimum Gasteiger partial charge on any atom is -0.497 e. The molecule has 13 heavy (non-hydrogen) atoms. The van der Waals surface area contributed by atoms with Crippen molar-refractivity contribution in [1.82, 2.24) is 0 Å². The van der Waals surface area contributed by atoms with Crippen LogP contribution in [0, 0.1) is 0 Å². The first-order valence-corrected chi connectivity index (χ1v) is 5.32. The van der Waals surface area contributed by atoms with Gasteiger partial charge >= 0.3 is 0 Å². The summed E-state index contributed by atoms with van der Waals surface area (Å²) in [4.78, 5) is 0.218. The maximum Gasteiger partial charge on any atom is 0.191 e. The van der Waals surface area contributed by atoms with Gasteiger partial charge in [0.25, 0.3) is 0 Å². The fourth-order valence-electron chi connectivity index (χ4n) is 0.879. The van der Waals surface area contributed by atoms with Crippen LogP contribution >= 0.6 is 0 Å². The van der Waals surface area contributed by atoms with Crippen LogP contribution in [-0.2, 0) is 9.84 Å². The Labute approximate surface area is 77.2 Å². The number of sulfone groups is 1. The molecule has 0 amide bonds. The molecule has 0 fully saturated rings. The van der Waals surface area contributed by atoms with Gasteiger partial charge in [0.2, 0.25) is 0 Å². The molecule has 0 bridgehead atoms. The lowest BCUT2D eigenvalue weighted by Gasteiger charge is -2.02. The van der Waals surface area contributed by atoms with E-state index >= 15 is 0 Å². The predicted octanol–water partition coefficient (Wildman–Crippen LogP) is 0.385. The van der Waals surface area contributed by atoms with Gasteiger partial charge in [0.1, 0.15) is 11.6 Å². The number of rotatable bonds is 3. The molecule has 0 aliphatic rings. The number of hydrogen-bond acceptors (Lipinski definition) is 4. The van der Waals surface area contributed by atoms with Crippen LogP contribution in [0.4, 0.5) is 0 Å². The van der Waals surface area contributed by atoms with E-state index in [2.05, 4.69) is 0 Å². The highest BCUT2D eigenvalue weighted by Gasteiger charge is 2.10. The first-order valence-electron chi connectivity index (χ1n) is 3.67. The fraction of sp³-hybridized carbons (Fsp3) is 0.250. The standard InChI is InChI=1S/C8H11NO3S/c1-12-7-2-4-8(5-3-7)13(10,11)6-9/h2-5H,6,9H2,1H3. The minimum atomic E-state index is -3.30. The van der Waals surface area contributed by atoms with Gasteiger partial charge in [-0.1, -0.05) is 0 Å². The third kappa shape index (κ3) is 2.19. The molecule has 0 heterocycles. The van der Waals surface area contributed by atoms with Crippen molar-refractivity contribution >= 4 is 9.84 Å². The molecule has 1 aromatic rings. The van der Waals surface area contributed by atoms with Gasteiger partial charge in [0.15, 0.2) is 9.84 Å². The Morgan fingerprint density at radius 2 is 1.85 bits per heavy atom. The molecule has 1 aromatic carbocycles. The molecule has 0 saturated heterocycles. The van der Waals surface area contributed by atoms with Gasteiger partial charge in [0.05, 0.1) is 12.0 Å². The van der Waals surface area contributed by atoms with Crippen LogP contribution in [0.2, 0.25) is 0 Å². The van der Waals surface area contributed by atoms with Crippen molar-refractivity contribution < 1.29 is 13.2 Å². The van der Waals surface area contributed by atoms with Crippen LogP contribution in [-0.4, -0.2) is 21.4 Å². The van der Waals surface area contributed by atoms with Gasteiger partial charge < -0.3 is 10.5 Å². The van der Waals surface area contributed by atoms with Gasteiger partial charge in [-0.3, -0.25) is 0 Å². The zero-order valence-electron chi connectivity index (χ0n) is 7.23. The summed E-state index contributed by atoms with van der Waals surface area (Å²) in [5.74, 6) is 0.246. The maximum absolute atomic E-state index is 11.2. The Bertz CT molecular complexity index is 369. The van der Waals surface area contributed by atoms with Gasteiger partial charge in [-0.05, 0) is 24.3 Å². The highest BCUT2D eigenvalue weighted by atomic mass is 32.2. The zero-order valence-corrected chi connectivity index (χ0v) is 8.04. The van der Waals surface area contributed by atoms with Crippen molar-refractivity contribution in [3.05, 3.63) is 24.3 Å². The molecule has 2 N–H and O–H groups in total. The van der Waals surface area contributed by atoms with Crippen LogP contribution < -0.4 is 10.5 Å². The largest absolute Gasteiger partial charge is 0.497 e. The van der Waals surface area contributed by atoms with Crippen molar-refractivity contribution in [2.24, 2.45) is 5.73 Å². The monoisotopic (exact) mass is 201 g/mol. The van der Waals surface area contributed by atoms with Crippen LogP contribution in [0.1, 0.15) is 0 Å². The third-order valence-corrected chi connectivity index (χ3v) is 3.07. The van der Waals surface area contributed by atoms with Crippen LogP contribution in [0.5, 0.6) is 5.75 Å². The molecule has 0 radical (unpaired) electrons. The average Bonchev–Trinajstić information content (AvgIpc) is 2.18. The third-order valence-electron chi connectivity index (χ3n) is 1.64. The number of methoxy groups -OCH3 is 1. The Morgan fingerprint density at radius 3 is 2.23 bits per heavy atom. The van der Waals surface area contributed by atoms with Gasteiger partial charge in [-0.25, -0.2) is 8.42 Å². The molecule has 0 aromatic heterocycles. The first-order chi connectivity index (χ1) is 6.10. The summed E-state index contributed by atoms with van der Waals surface area (Å²) in [6, 6.07) is 6.12. The molecule has 0 spiro atoms. The topological polar surface area (TPSA) is 69.4 Å². The first kappa shape index (κ1) is 10.0. The van der Waals surface area contributed by atoms with Crippen LogP contribution in [0.25, 0.3) is 0 Å². The maximum atomic E-state index is 11.2. The quantitative estimate of drug-likeness (QED) is 0.767. The highest BCUT2D eigenvalue weighted by Crippen LogP contribution is 2.15. The summed E-state index contributed by atoms with van der Waals surface area (Å²) in [5, 5.41) is 0. The van der Waals surface area contributed by atoms with Crippen molar-refractivity contribution in [1.29, 1.82) is 0 Å². The molecule has 72 valence electrons. The van der Waals surface area contributed by atoms with E-state index in [0.29, 0.717) is 5.75 Å². The van der Waals surface area contributed by atoms with E-state index in [1.54, 1.807) is 12.1 Å². The summed E-state index contributed by atoms with van der Waals surface area (Å²) < 4.78 is 27.4. The molecule has 5 heteroatoms. The van der Waals surface area contributed by atoms with Crippen LogP contribution in [0.3, 0.4) is 0 Å². The van der Waals surface area contributed by atoms with Gasteiger partial charge in [0, 0.05) is 0 Å². The summed E-state index contributed by atoms with van der Waals surface area (Å²) in [6.07, 6.45) is 0. The van der Waals surface area contributed by atoms with E-state index in [0.717, 1.165) is 0 Å². The Morgan fingerprint density at radius 1 is 1.31 bits per heavy atom. The summed E-state index contributed by atoms with van der Waals surface area (Å²) >= 11 is 0. The fourth-order valence-corrected chi connectivity index (χ4v) is 1.62. The average molecular weight is 201 g/mol. The molecule has 1 rings (SSSR count). The number of hydrogen-bond donors (Lipinski definition) is 1. The van der Waals surface area contributed by atoms with E-state index in [9.17, 15) is 8.42 Å². The van der Waals surface area contributed by atoms with E-state index < -0.39 is 9.84 Å². The summed E-state index contributed by atoms with van der Waals surface area (Å²) in [6.45, 7) is 0. The Hall–Kier alpha value is -1.07. The molecule has 0 aliphatic carbocycles.